The number of rotatable bonds is 8. The Balaban J connectivity index is 1.92. The van der Waals surface area contributed by atoms with Crippen molar-refractivity contribution in [1.82, 2.24) is 10.9 Å². The molecule has 2 aromatic carbocycles. The van der Waals surface area contributed by atoms with E-state index in [2.05, 4.69) is 26.2 Å². The summed E-state index contributed by atoms with van der Waals surface area (Å²) in [6, 6.07) is 18.5. The van der Waals surface area contributed by atoms with Gasteiger partial charge in [0, 0.05) is 0 Å². The summed E-state index contributed by atoms with van der Waals surface area (Å²) in [6.07, 6.45) is 0.345. The van der Waals surface area contributed by atoms with E-state index in [0.29, 0.717) is 0 Å². The number of nitrogens with one attached hydrogen (secondary N) is 2. The van der Waals surface area contributed by atoms with E-state index in [0.717, 1.165) is 11.1 Å². The first-order valence-corrected chi connectivity index (χ1v) is 8.96. The molecule has 0 bridgehead atoms. The zero-order chi connectivity index (χ0) is 21.1. The van der Waals surface area contributed by atoms with Gasteiger partial charge in [0.05, 0.1) is 24.3 Å². The van der Waals surface area contributed by atoms with Gasteiger partial charge in [-0.25, -0.2) is 10.9 Å². The van der Waals surface area contributed by atoms with Crippen molar-refractivity contribution in [2.24, 2.45) is 15.4 Å². The molecule has 29 heavy (non-hydrogen) atoms. The number of nitrogens with zero attached hydrogens (tertiary/aromatic N) is 3. The number of carbonyl (C=O) groups excluding carboxylic acids is 2. The molecule has 0 spiro atoms. The Bertz CT molecular complexity index is 848. The van der Waals surface area contributed by atoms with Crippen molar-refractivity contribution in [1.29, 1.82) is 0 Å². The fourth-order valence-electron chi connectivity index (χ4n) is 2.45. The van der Waals surface area contributed by atoms with Gasteiger partial charge >= 0.3 is 0 Å². The maximum absolute atomic E-state index is 12.0. The van der Waals surface area contributed by atoms with Gasteiger partial charge in [-0.3, -0.25) is 9.59 Å². The van der Waals surface area contributed by atoms with Gasteiger partial charge in [-0.15, -0.1) is 0 Å². The highest BCUT2D eigenvalue weighted by atomic mass is 16.4. The summed E-state index contributed by atoms with van der Waals surface area (Å²) in [5.41, 5.74) is 7.07. The average Bonchev–Trinajstić information content (AvgIpc) is 2.73. The van der Waals surface area contributed by atoms with E-state index >= 15 is 0 Å². The number of amides is 2. The molecule has 0 atom stereocenters. The van der Waals surface area contributed by atoms with E-state index in [1.807, 2.05) is 60.7 Å². The number of hydrogen-bond donors (Lipinski definition) is 3. The van der Waals surface area contributed by atoms with Crippen LogP contribution < -0.4 is 10.9 Å². The molecule has 0 aromatic heterocycles. The Morgan fingerprint density at radius 2 is 1.14 bits per heavy atom. The van der Waals surface area contributed by atoms with Crippen LogP contribution in [0.15, 0.2) is 76.0 Å². The molecule has 0 heterocycles. The molecule has 2 amide bonds. The van der Waals surface area contributed by atoms with Gasteiger partial charge in [0.1, 0.15) is 5.71 Å². The van der Waals surface area contributed by atoms with E-state index in [1.165, 1.54) is 0 Å². The maximum Gasteiger partial charge on any atom is 0.244 e. The van der Waals surface area contributed by atoms with Gasteiger partial charge < -0.3 is 5.21 Å². The van der Waals surface area contributed by atoms with Crippen molar-refractivity contribution in [3.8, 4) is 0 Å². The van der Waals surface area contributed by atoms with Crippen LogP contribution in [0.1, 0.15) is 25.0 Å². The molecule has 0 saturated heterocycles. The molecule has 8 heteroatoms. The van der Waals surface area contributed by atoms with Crippen LogP contribution >= 0.6 is 0 Å². The number of hydrogen-bond acceptors (Lipinski definition) is 6. The Morgan fingerprint density at radius 3 is 1.48 bits per heavy atom. The lowest BCUT2D eigenvalue weighted by atomic mass is 10.1. The van der Waals surface area contributed by atoms with E-state index in [-0.39, 0.29) is 41.8 Å². The van der Waals surface area contributed by atoms with Crippen molar-refractivity contribution in [2.75, 3.05) is 0 Å². The van der Waals surface area contributed by atoms with E-state index in [4.69, 9.17) is 0 Å². The van der Waals surface area contributed by atoms with Crippen LogP contribution in [0.5, 0.6) is 0 Å². The summed E-state index contributed by atoms with van der Waals surface area (Å²) in [5.74, 6) is -0.614. The zero-order valence-corrected chi connectivity index (χ0v) is 16.3. The fourth-order valence-corrected chi connectivity index (χ4v) is 2.45. The highest BCUT2D eigenvalue weighted by Gasteiger charge is 2.11. The van der Waals surface area contributed by atoms with Gasteiger partial charge in [-0.05, 0) is 25.0 Å². The van der Waals surface area contributed by atoms with Crippen molar-refractivity contribution in [3.05, 3.63) is 71.8 Å². The molecule has 0 aliphatic rings. The molecule has 0 aliphatic carbocycles. The normalized spacial score (nSPS) is 11.5. The number of hydrazone groups is 2. The van der Waals surface area contributed by atoms with Crippen molar-refractivity contribution in [3.63, 3.8) is 0 Å². The van der Waals surface area contributed by atoms with E-state index < -0.39 is 0 Å². The van der Waals surface area contributed by atoms with Crippen LogP contribution in [0.3, 0.4) is 0 Å². The molecule has 0 unspecified atom stereocenters. The standard InChI is InChI=1S/C21H23N5O3/c1-15(22-24-19(27)13-17-9-5-3-6-10-17)21(26-29)16(2)23-25-20(28)14-18-11-7-4-8-12-18/h3-12,29H,13-14H2,1-2H3,(H,24,27)(H,25,28). The van der Waals surface area contributed by atoms with Crippen molar-refractivity contribution in [2.45, 2.75) is 26.7 Å². The first kappa shape index (κ1) is 21.5. The van der Waals surface area contributed by atoms with Crippen LogP contribution in [0, 0.1) is 0 Å². The average molecular weight is 393 g/mol. The van der Waals surface area contributed by atoms with Gasteiger partial charge in [0.2, 0.25) is 11.8 Å². The Hall–Kier alpha value is -3.81. The van der Waals surface area contributed by atoms with E-state index in [9.17, 15) is 14.8 Å². The number of benzene rings is 2. The molecule has 0 radical (unpaired) electrons. The maximum atomic E-state index is 12.0. The summed E-state index contributed by atoms with van der Waals surface area (Å²) in [5, 5.41) is 20.3. The quantitative estimate of drug-likeness (QED) is 0.363. The highest BCUT2D eigenvalue weighted by Crippen LogP contribution is 2.00. The molecule has 150 valence electrons. The van der Waals surface area contributed by atoms with Crippen LogP contribution in [-0.2, 0) is 22.4 Å². The van der Waals surface area contributed by atoms with E-state index in [1.54, 1.807) is 13.8 Å². The molecule has 3 N–H and O–H groups in total. The molecule has 0 fully saturated rings. The van der Waals surface area contributed by atoms with Crippen LogP contribution in [0.25, 0.3) is 0 Å². The Morgan fingerprint density at radius 1 is 0.759 bits per heavy atom. The second-order valence-electron chi connectivity index (χ2n) is 6.24. The zero-order valence-electron chi connectivity index (χ0n) is 16.3. The smallest absolute Gasteiger partial charge is 0.244 e. The largest absolute Gasteiger partial charge is 0.410 e. The highest BCUT2D eigenvalue weighted by molar-refractivity contribution is 6.67. The Labute approximate surface area is 169 Å². The molecule has 0 saturated carbocycles. The first-order chi connectivity index (χ1) is 14.0. The minimum atomic E-state index is -0.307. The summed E-state index contributed by atoms with van der Waals surface area (Å²) in [6.45, 7) is 3.12. The molecular formula is C21H23N5O3. The minimum absolute atomic E-state index is 0.0463. The first-order valence-electron chi connectivity index (χ1n) is 8.96. The molecule has 0 aliphatic heterocycles. The van der Waals surface area contributed by atoms with Crippen LogP contribution in [0.2, 0.25) is 0 Å². The predicted octanol–water partition coefficient (Wildman–Crippen LogP) is 2.29. The summed E-state index contributed by atoms with van der Waals surface area (Å²) in [7, 11) is 0. The van der Waals surface area contributed by atoms with Gasteiger partial charge in [-0.2, -0.15) is 10.2 Å². The second-order valence-corrected chi connectivity index (χ2v) is 6.24. The second kappa shape index (κ2) is 11.1. The lowest BCUT2D eigenvalue weighted by Gasteiger charge is -2.06. The SMILES string of the molecule is CC(=NNC(=O)Cc1ccccc1)C(=NO)C(C)=NNC(=O)Cc1ccccc1. The van der Waals surface area contributed by atoms with Gasteiger partial charge in [-0.1, -0.05) is 65.8 Å². The lowest BCUT2D eigenvalue weighted by Crippen LogP contribution is -2.29. The van der Waals surface area contributed by atoms with Crippen LogP contribution in [-0.4, -0.2) is 34.2 Å². The van der Waals surface area contributed by atoms with Crippen LogP contribution in [0.4, 0.5) is 0 Å². The summed E-state index contributed by atoms with van der Waals surface area (Å²) in [4.78, 5) is 24.0. The molecule has 2 rings (SSSR count). The third-order valence-electron chi connectivity index (χ3n) is 3.90. The minimum Gasteiger partial charge on any atom is -0.410 e. The van der Waals surface area contributed by atoms with Crippen molar-refractivity contribution < 1.29 is 14.8 Å². The lowest BCUT2D eigenvalue weighted by molar-refractivity contribution is -0.121. The molecule has 8 nitrogen and oxygen atoms in total. The predicted molar refractivity (Wildman–Crippen MR) is 112 cm³/mol. The third kappa shape index (κ3) is 7.37. The molecule has 2 aromatic rings. The number of carbonyl (C=O) groups is 2. The summed E-state index contributed by atoms with van der Waals surface area (Å²) >= 11 is 0. The van der Waals surface area contributed by atoms with Gasteiger partial charge in [0.25, 0.3) is 0 Å². The fraction of sp³-hybridized carbons (Fsp3) is 0.190. The molecular weight excluding hydrogens is 370 g/mol. The number of oxime groups is 1. The Kier molecular flexibility index (Phi) is 8.25. The third-order valence-corrected chi connectivity index (χ3v) is 3.90. The summed E-state index contributed by atoms with van der Waals surface area (Å²) < 4.78 is 0. The monoisotopic (exact) mass is 393 g/mol. The van der Waals surface area contributed by atoms with Gasteiger partial charge in [0.15, 0.2) is 0 Å². The van der Waals surface area contributed by atoms with Crippen molar-refractivity contribution >= 4 is 28.9 Å². The topological polar surface area (TPSA) is 116 Å².